The van der Waals surface area contributed by atoms with Crippen molar-refractivity contribution >= 4 is 58.6 Å². The summed E-state index contributed by atoms with van der Waals surface area (Å²) in [6, 6.07) is 5.99. The predicted octanol–water partition coefficient (Wildman–Crippen LogP) is 6.25. The quantitative estimate of drug-likeness (QED) is 0.221. The molecule has 2 aliphatic rings. The van der Waals surface area contributed by atoms with Crippen molar-refractivity contribution in [2.45, 2.75) is 73.1 Å². The van der Waals surface area contributed by atoms with Gasteiger partial charge in [-0.25, -0.2) is 14.8 Å². The maximum atomic E-state index is 12.4. The minimum absolute atomic E-state index is 0.0201. The minimum atomic E-state index is -0.512. The Balaban J connectivity index is 0.000000423. The van der Waals surface area contributed by atoms with Gasteiger partial charge in [0.1, 0.15) is 17.0 Å². The van der Waals surface area contributed by atoms with E-state index in [1.165, 1.54) is 6.20 Å². The van der Waals surface area contributed by atoms with Gasteiger partial charge in [0.2, 0.25) is 5.95 Å². The fraction of sp³-hybridized carbons (Fsp3) is 0.545. The number of anilines is 4. The first-order chi connectivity index (χ1) is 22.5. The van der Waals surface area contributed by atoms with Gasteiger partial charge >= 0.3 is 6.09 Å². The van der Waals surface area contributed by atoms with Crippen LogP contribution in [0.1, 0.15) is 70.0 Å². The van der Waals surface area contributed by atoms with Crippen LogP contribution in [0.3, 0.4) is 0 Å². The third-order valence-corrected chi connectivity index (χ3v) is 7.35. The zero-order valence-corrected chi connectivity index (χ0v) is 30.9. The molecular formula is C33H52N8O4S2. The molecule has 1 aromatic carbocycles. The monoisotopic (exact) mass is 688 g/mol. The Morgan fingerprint density at radius 3 is 2.36 bits per heavy atom. The molecule has 1 saturated heterocycles. The molecule has 12 nitrogen and oxygen atoms in total. The van der Waals surface area contributed by atoms with E-state index in [-0.39, 0.29) is 18.0 Å². The third kappa shape index (κ3) is 12.8. The van der Waals surface area contributed by atoms with E-state index >= 15 is 0 Å². The molecule has 2 aliphatic heterocycles. The number of thiazole rings is 1. The Kier molecular flexibility index (Phi) is 16.8. The molecule has 0 bridgehead atoms. The lowest BCUT2D eigenvalue weighted by molar-refractivity contribution is 0.0224. The van der Waals surface area contributed by atoms with Gasteiger partial charge < -0.3 is 35.2 Å². The molecule has 0 radical (unpaired) electrons. The smallest absolute Gasteiger partial charge is 0.410 e. The highest BCUT2D eigenvalue weighted by Gasteiger charge is 2.26. The standard InChI is InChI=1S/C23H32N6O3.C7H10N2OS.C2H6.CH4S/c1-14(2)26-20(30)18-12-25-21(28-19(18)24-6)27-17-8-7-16-13-29(10-9-15(16)11-17)22(31)32-23(3,4)5;1-6-11-7(8-1)9-2-4-10-5-3-9;2*1-2/h7-8,11-12,14H,9-10,13H2,1-6H3,(H,26,30)(H2,24,25,27,28);1,6H,2-5H2;1-2H3;2H,1H3. The number of benzene rings is 1. The number of hydrogen-bond donors (Lipinski definition) is 4. The number of carbonyl (C=O) groups is 2. The van der Waals surface area contributed by atoms with E-state index in [1.54, 1.807) is 29.5 Å². The zero-order chi connectivity index (χ0) is 35.0. The lowest BCUT2D eigenvalue weighted by atomic mass is 9.99. The number of carbonyl (C=O) groups excluding carboxylic acids is 2. The summed E-state index contributed by atoms with van der Waals surface area (Å²) in [5, 5.41) is 12.1. The summed E-state index contributed by atoms with van der Waals surface area (Å²) in [5.41, 5.74) is 2.97. The maximum absolute atomic E-state index is 12.4. The van der Waals surface area contributed by atoms with Gasteiger partial charge in [0, 0.05) is 62.7 Å². The average molecular weight is 689 g/mol. The molecule has 5 rings (SSSR count). The van der Waals surface area contributed by atoms with Crippen LogP contribution in [0, 0.1) is 0 Å². The van der Waals surface area contributed by atoms with Crippen molar-refractivity contribution in [1.82, 2.24) is 25.2 Å². The number of ether oxygens (including phenoxy) is 2. The van der Waals surface area contributed by atoms with Crippen LogP contribution in [-0.2, 0) is 22.4 Å². The molecule has 47 heavy (non-hydrogen) atoms. The predicted molar refractivity (Wildman–Crippen MR) is 196 cm³/mol. The largest absolute Gasteiger partial charge is 0.444 e. The first kappa shape index (κ1) is 39.6. The first-order valence-corrected chi connectivity index (χ1v) is 17.7. The van der Waals surface area contributed by atoms with E-state index in [4.69, 9.17) is 9.47 Å². The average Bonchev–Trinajstić information content (AvgIpc) is 3.61. The maximum Gasteiger partial charge on any atom is 0.410 e. The van der Waals surface area contributed by atoms with E-state index in [1.807, 2.05) is 78.2 Å². The first-order valence-electron chi connectivity index (χ1n) is 15.9. The van der Waals surface area contributed by atoms with Crippen LogP contribution in [0.5, 0.6) is 0 Å². The van der Waals surface area contributed by atoms with E-state index in [9.17, 15) is 9.59 Å². The molecule has 3 N–H and O–H groups in total. The minimum Gasteiger partial charge on any atom is -0.444 e. The van der Waals surface area contributed by atoms with Crippen LogP contribution < -0.4 is 20.9 Å². The Labute approximate surface area is 289 Å². The van der Waals surface area contributed by atoms with Crippen molar-refractivity contribution in [3.63, 3.8) is 0 Å². The molecule has 4 heterocycles. The molecule has 3 aromatic rings. The Morgan fingerprint density at radius 2 is 1.77 bits per heavy atom. The van der Waals surface area contributed by atoms with E-state index < -0.39 is 5.60 Å². The highest BCUT2D eigenvalue weighted by atomic mass is 32.1. The Hall–Kier alpha value is -3.62. The van der Waals surface area contributed by atoms with E-state index in [0.29, 0.717) is 30.4 Å². The summed E-state index contributed by atoms with van der Waals surface area (Å²) in [6.07, 6.45) is 5.49. The van der Waals surface area contributed by atoms with Crippen molar-refractivity contribution in [3.8, 4) is 0 Å². The van der Waals surface area contributed by atoms with Gasteiger partial charge in [-0.05, 0) is 70.6 Å². The van der Waals surface area contributed by atoms with Gasteiger partial charge in [0.05, 0.1) is 13.2 Å². The number of aromatic nitrogens is 3. The third-order valence-electron chi connectivity index (χ3n) is 6.52. The van der Waals surface area contributed by atoms with Gasteiger partial charge in [0.15, 0.2) is 5.13 Å². The second-order valence-corrected chi connectivity index (χ2v) is 12.4. The molecule has 0 saturated carbocycles. The summed E-state index contributed by atoms with van der Waals surface area (Å²) in [7, 11) is 1.72. The number of amides is 2. The molecule has 0 aliphatic carbocycles. The zero-order valence-electron chi connectivity index (χ0n) is 29.2. The SMILES string of the molecule is CC.CNc1nc(Nc2ccc3c(c2)CCN(C(=O)OC(C)(C)C)C3)ncc1C(=O)NC(C)C.CS.c1csc(N2CCOCC2)n1. The summed E-state index contributed by atoms with van der Waals surface area (Å²) in [4.78, 5) is 41.6. The molecule has 0 atom stereocenters. The second kappa shape index (κ2) is 19.9. The summed E-state index contributed by atoms with van der Waals surface area (Å²) in [6.45, 7) is 18.1. The molecular weight excluding hydrogens is 637 g/mol. The highest BCUT2D eigenvalue weighted by Crippen LogP contribution is 2.26. The van der Waals surface area contributed by atoms with Gasteiger partial charge in [-0.3, -0.25) is 4.79 Å². The van der Waals surface area contributed by atoms with Gasteiger partial charge in [-0.15, -0.1) is 11.3 Å². The number of thiol groups is 1. The molecule has 1 fully saturated rings. The normalized spacial score (nSPS) is 13.8. The van der Waals surface area contributed by atoms with Crippen LogP contribution in [-0.4, -0.2) is 89.6 Å². The van der Waals surface area contributed by atoms with Crippen molar-refractivity contribution in [2.24, 2.45) is 0 Å². The number of fused-ring (bicyclic) bond motifs is 1. The molecule has 2 aromatic heterocycles. The summed E-state index contributed by atoms with van der Waals surface area (Å²) >= 11 is 5.22. The number of hydrogen-bond acceptors (Lipinski definition) is 12. The molecule has 0 spiro atoms. The highest BCUT2D eigenvalue weighted by molar-refractivity contribution is 7.79. The molecule has 0 unspecified atom stereocenters. The number of rotatable bonds is 6. The van der Waals surface area contributed by atoms with Crippen LogP contribution >= 0.6 is 24.0 Å². The summed E-state index contributed by atoms with van der Waals surface area (Å²) < 4.78 is 10.7. The van der Waals surface area contributed by atoms with E-state index in [0.717, 1.165) is 54.7 Å². The van der Waals surface area contributed by atoms with Gasteiger partial charge in [-0.2, -0.15) is 17.6 Å². The molecule has 14 heteroatoms. The fourth-order valence-electron chi connectivity index (χ4n) is 4.51. The van der Waals surface area contributed by atoms with Crippen LogP contribution in [0.4, 0.5) is 27.4 Å². The Morgan fingerprint density at radius 1 is 1.06 bits per heavy atom. The lowest BCUT2D eigenvalue weighted by Crippen LogP contribution is -2.39. The van der Waals surface area contributed by atoms with Gasteiger partial charge in [-0.1, -0.05) is 19.9 Å². The Bertz CT molecular complexity index is 1380. The topological polar surface area (TPSA) is 134 Å². The summed E-state index contributed by atoms with van der Waals surface area (Å²) in [5.74, 6) is 0.618. The van der Waals surface area contributed by atoms with Crippen molar-refractivity contribution in [1.29, 1.82) is 0 Å². The lowest BCUT2D eigenvalue weighted by Gasteiger charge is -2.31. The second-order valence-electron chi connectivity index (χ2n) is 11.5. The fourth-order valence-corrected chi connectivity index (χ4v) is 5.20. The molecule has 2 amide bonds. The van der Waals surface area contributed by atoms with Crippen LogP contribution in [0.15, 0.2) is 36.0 Å². The number of nitrogens with one attached hydrogen (secondary N) is 3. The van der Waals surface area contributed by atoms with Crippen LogP contribution in [0.25, 0.3) is 0 Å². The van der Waals surface area contributed by atoms with Crippen molar-refractivity contribution in [3.05, 3.63) is 52.7 Å². The van der Waals surface area contributed by atoms with Crippen molar-refractivity contribution in [2.75, 3.05) is 61.7 Å². The number of morpholine rings is 1. The number of nitrogens with zero attached hydrogens (tertiary/aromatic N) is 5. The van der Waals surface area contributed by atoms with Crippen molar-refractivity contribution < 1.29 is 19.1 Å². The van der Waals surface area contributed by atoms with E-state index in [2.05, 4.69) is 48.4 Å². The molecule has 260 valence electrons. The van der Waals surface area contributed by atoms with Crippen LogP contribution in [0.2, 0.25) is 0 Å². The van der Waals surface area contributed by atoms with Gasteiger partial charge in [0.25, 0.3) is 5.91 Å².